The molecule has 2 aliphatic carbocycles. The molecule has 31 heavy (non-hydrogen) atoms. The van der Waals surface area contributed by atoms with Gasteiger partial charge in [-0.25, -0.2) is 0 Å². The molecular formula is C25H31N3O3. The normalized spacial score (nSPS) is 31.1. The van der Waals surface area contributed by atoms with Crippen molar-refractivity contribution in [2.24, 2.45) is 23.7 Å². The van der Waals surface area contributed by atoms with Crippen LogP contribution in [0, 0.1) is 23.7 Å². The summed E-state index contributed by atoms with van der Waals surface area (Å²) in [4.78, 5) is 42.6. The monoisotopic (exact) mass is 421 g/mol. The van der Waals surface area contributed by atoms with Crippen LogP contribution in [0.1, 0.15) is 44.6 Å². The van der Waals surface area contributed by atoms with Crippen LogP contribution in [-0.4, -0.2) is 46.7 Å². The van der Waals surface area contributed by atoms with E-state index in [2.05, 4.69) is 28.4 Å². The van der Waals surface area contributed by atoms with Gasteiger partial charge in [-0.05, 0) is 68.8 Å². The molecule has 2 aliphatic heterocycles. The molecule has 2 saturated heterocycles. The molecule has 1 N–H and O–H groups in total. The number of benzene rings is 1. The van der Waals surface area contributed by atoms with Crippen molar-refractivity contribution in [3.63, 3.8) is 0 Å². The first-order valence-electron chi connectivity index (χ1n) is 11.7. The molecule has 2 bridgehead atoms. The fraction of sp³-hybridized carbons (Fsp3) is 0.560. The minimum Gasteiger partial charge on any atom is -0.324 e. The number of amides is 3. The Hall–Kier alpha value is -2.47. The van der Waals surface area contributed by atoms with Gasteiger partial charge in [0.1, 0.15) is 6.04 Å². The number of rotatable bonds is 5. The molecular weight excluding hydrogens is 390 g/mol. The molecule has 3 fully saturated rings. The summed E-state index contributed by atoms with van der Waals surface area (Å²) in [6.07, 6.45) is 10.1. The zero-order chi connectivity index (χ0) is 21.5. The van der Waals surface area contributed by atoms with Crippen molar-refractivity contribution in [3.8, 4) is 0 Å². The van der Waals surface area contributed by atoms with E-state index < -0.39 is 6.04 Å². The van der Waals surface area contributed by atoms with Gasteiger partial charge in [-0.15, -0.1) is 0 Å². The molecule has 0 unspecified atom stereocenters. The van der Waals surface area contributed by atoms with E-state index in [1.54, 1.807) is 6.92 Å². The molecule has 0 spiro atoms. The first kappa shape index (κ1) is 20.4. The van der Waals surface area contributed by atoms with Crippen LogP contribution < -0.4 is 5.32 Å². The number of hydrogen-bond acceptors (Lipinski definition) is 4. The van der Waals surface area contributed by atoms with Gasteiger partial charge in [-0.1, -0.05) is 37.1 Å². The van der Waals surface area contributed by atoms with E-state index in [1.165, 1.54) is 30.6 Å². The van der Waals surface area contributed by atoms with Gasteiger partial charge in [-0.2, -0.15) is 0 Å². The van der Waals surface area contributed by atoms with E-state index in [0.717, 1.165) is 31.6 Å². The summed E-state index contributed by atoms with van der Waals surface area (Å²) in [5, 5.41) is 2.93. The molecule has 4 aliphatic rings. The molecule has 0 radical (unpaired) electrons. The number of allylic oxidation sites excluding steroid dienone is 2. The summed E-state index contributed by atoms with van der Waals surface area (Å²) < 4.78 is 0. The molecule has 5 rings (SSSR count). The van der Waals surface area contributed by atoms with Crippen molar-refractivity contribution in [2.75, 3.05) is 18.4 Å². The van der Waals surface area contributed by atoms with Gasteiger partial charge >= 0.3 is 0 Å². The minimum absolute atomic E-state index is 0.155. The Balaban J connectivity index is 1.24. The summed E-state index contributed by atoms with van der Waals surface area (Å²) in [5.41, 5.74) is 1.88. The Morgan fingerprint density at radius 3 is 2.32 bits per heavy atom. The van der Waals surface area contributed by atoms with E-state index in [-0.39, 0.29) is 41.4 Å². The van der Waals surface area contributed by atoms with Gasteiger partial charge in [0, 0.05) is 12.2 Å². The van der Waals surface area contributed by atoms with Crippen LogP contribution in [0.15, 0.2) is 36.4 Å². The zero-order valence-corrected chi connectivity index (χ0v) is 18.1. The number of hydrogen-bond donors (Lipinski definition) is 1. The second-order valence-electron chi connectivity index (χ2n) is 9.60. The summed E-state index contributed by atoms with van der Waals surface area (Å²) >= 11 is 0. The number of imide groups is 1. The standard InChI is InChI=1S/C25H31N3O3/c1-16(28-24(30)21-18-9-10-19(14-18)22(21)25(28)31)23(29)26-20-8-6-7-17(13-20)15-27-11-4-2-3-5-12-27/h6-10,13,16,18-19,21-22H,2-5,11-12,14-15H2,1H3,(H,26,29)/t16-,18+,19+,21-,22-/m1/s1. The quantitative estimate of drug-likeness (QED) is 0.586. The number of carbonyl (C=O) groups excluding carboxylic acids is 3. The van der Waals surface area contributed by atoms with Crippen molar-refractivity contribution in [3.05, 3.63) is 42.0 Å². The third kappa shape index (κ3) is 3.71. The number of fused-ring (bicyclic) bond motifs is 5. The van der Waals surface area contributed by atoms with E-state index in [1.807, 2.05) is 18.2 Å². The van der Waals surface area contributed by atoms with Crippen molar-refractivity contribution in [2.45, 2.75) is 51.6 Å². The smallest absolute Gasteiger partial charge is 0.247 e. The molecule has 5 atom stereocenters. The SMILES string of the molecule is C[C@H](C(=O)Nc1cccc(CN2CCCCCC2)c1)N1C(=O)[C@H]2[C@H](C1=O)[C@H]1C=C[C@H]2C1. The highest BCUT2D eigenvalue weighted by Crippen LogP contribution is 2.52. The Labute approximate surface area is 183 Å². The number of nitrogens with zero attached hydrogens (tertiary/aromatic N) is 2. The van der Waals surface area contributed by atoms with Crippen molar-refractivity contribution < 1.29 is 14.4 Å². The Morgan fingerprint density at radius 1 is 1.03 bits per heavy atom. The summed E-state index contributed by atoms with van der Waals surface area (Å²) in [6.45, 7) is 4.77. The number of carbonyl (C=O) groups is 3. The maximum absolute atomic E-state index is 13.0. The second-order valence-corrected chi connectivity index (χ2v) is 9.60. The van der Waals surface area contributed by atoms with Gasteiger partial charge < -0.3 is 5.32 Å². The van der Waals surface area contributed by atoms with Gasteiger partial charge in [0.15, 0.2) is 0 Å². The Bertz CT molecular complexity index is 888. The highest BCUT2D eigenvalue weighted by Gasteiger charge is 2.60. The van der Waals surface area contributed by atoms with Gasteiger partial charge in [-0.3, -0.25) is 24.2 Å². The van der Waals surface area contributed by atoms with Gasteiger partial charge in [0.2, 0.25) is 17.7 Å². The van der Waals surface area contributed by atoms with E-state index in [0.29, 0.717) is 5.69 Å². The van der Waals surface area contributed by atoms with Crippen LogP contribution in [0.2, 0.25) is 0 Å². The second kappa shape index (κ2) is 8.23. The number of likely N-dealkylation sites (tertiary alicyclic amines) is 2. The third-order valence-electron chi connectivity index (χ3n) is 7.57. The van der Waals surface area contributed by atoms with E-state index >= 15 is 0 Å². The minimum atomic E-state index is -0.806. The van der Waals surface area contributed by atoms with Crippen molar-refractivity contribution in [1.29, 1.82) is 0 Å². The molecule has 6 nitrogen and oxygen atoms in total. The molecule has 1 saturated carbocycles. The van der Waals surface area contributed by atoms with Crippen LogP contribution in [0.25, 0.3) is 0 Å². The lowest BCUT2D eigenvalue weighted by molar-refractivity contribution is -0.146. The van der Waals surface area contributed by atoms with Crippen LogP contribution in [-0.2, 0) is 20.9 Å². The average molecular weight is 422 g/mol. The van der Waals surface area contributed by atoms with E-state index in [4.69, 9.17) is 0 Å². The van der Waals surface area contributed by atoms with Crippen molar-refractivity contribution in [1.82, 2.24) is 9.80 Å². The van der Waals surface area contributed by atoms with E-state index in [9.17, 15) is 14.4 Å². The molecule has 0 aromatic heterocycles. The predicted octanol–water partition coefficient (Wildman–Crippen LogP) is 3.20. The first-order chi connectivity index (χ1) is 15.0. The lowest BCUT2D eigenvalue weighted by atomic mass is 9.85. The number of nitrogens with one attached hydrogen (secondary N) is 1. The number of anilines is 1. The highest BCUT2D eigenvalue weighted by molar-refractivity contribution is 6.10. The largest absolute Gasteiger partial charge is 0.324 e. The Morgan fingerprint density at radius 2 is 1.68 bits per heavy atom. The first-order valence-corrected chi connectivity index (χ1v) is 11.7. The lowest BCUT2D eigenvalue weighted by Crippen LogP contribution is -2.46. The third-order valence-corrected chi connectivity index (χ3v) is 7.57. The highest BCUT2D eigenvalue weighted by atomic mass is 16.2. The van der Waals surface area contributed by atoms with Crippen LogP contribution in [0.4, 0.5) is 5.69 Å². The summed E-state index contributed by atoms with van der Waals surface area (Å²) in [5.74, 6) is -0.892. The van der Waals surface area contributed by atoms with Gasteiger partial charge in [0.05, 0.1) is 11.8 Å². The van der Waals surface area contributed by atoms with Gasteiger partial charge in [0.25, 0.3) is 0 Å². The van der Waals surface area contributed by atoms with Crippen LogP contribution in [0.3, 0.4) is 0 Å². The fourth-order valence-corrected chi connectivity index (χ4v) is 5.97. The Kier molecular flexibility index (Phi) is 5.42. The van der Waals surface area contributed by atoms with Crippen LogP contribution in [0.5, 0.6) is 0 Å². The zero-order valence-electron chi connectivity index (χ0n) is 18.1. The molecule has 6 heteroatoms. The van der Waals surface area contributed by atoms with Crippen LogP contribution >= 0.6 is 0 Å². The molecule has 164 valence electrons. The molecule has 1 aromatic rings. The maximum atomic E-state index is 13.0. The topological polar surface area (TPSA) is 69.7 Å². The molecule has 2 heterocycles. The van der Waals surface area contributed by atoms with Crippen molar-refractivity contribution >= 4 is 23.4 Å². The average Bonchev–Trinajstić information content (AvgIpc) is 3.37. The molecule has 1 aromatic carbocycles. The predicted molar refractivity (Wildman–Crippen MR) is 118 cm³/mol. The lowest BCUT2D eigenvalue weighted by Gasteiger charge is -2.24. The fourth-order valence-electron chi connectivity index (χ4n) is 5.97. The maximum Gasteiger partial charge on any atom is 0.247 e. The summed E-state index contributed by atoms with van der Waals surface area (Å²) in [7, 11) is 0. The summed E-state index contributed by atoms with van der Waals surface area (Å²) in [6, 6.07) is 7.10. The molecule has 3 amide bonds.